The summed E-state index contributed by atoms with van der Waals surface area (Å²) in [6.45, 7) is 0. The van der Waals surface area contributed by atoms with E-state index in [1.165, 1.54) is 12.1 Å². The first-order valence-electron chi connectivity index (χ1n) is 6.39. The summed E-state index contributed by atoms with van der Waals surface area (Å²) in [5.74, 6) is -2.38. The van der Waals surface area contributed by atoms with Crippen molar-refractivity contribution in [2.75, 3.05) is 0 Å². The van der Waals surface area contributed by atoms with Gasteiger partial charge in [0.25, 0.3) is 0 Å². The largest absolute Gasteiger partial charge is 0.478 e. The third kappa shape index (κ3) is 3.71. The molecule has 1 radical (unpaired) electrons. The monoisotopic (exact) mass is 300 g/mol. The normalized spacial score (nSPS) is 18.0. The van der Waals surface area contributed by atoms with Crippen LogP contribution in [0.1, 0.15) is 29.6 Å². The van der Waals surface area contributed by atoms with Crippen LogP contribution >= 0.6 is 12.2 Å². The average Bonchev–Trinajstić information content (AvgIpc) is 2.44. The highest BCUT2D eigenvalue weighted by atomic mass is 32.1. The molecule has 105 valence electrons. The quantitative estimate of drug-likeness (QED) is 0.395. The maximum atomic E-state index is 11.8. The first-order chi connectivity index (χ1) is 10.0. The minimum atomic E-state index is -1.10. The standard InChI is InChI=1S/C14H11BNO4S/c17-12-3-1-2-11(13(12)18)15-9-4-8(14(19)20)5-10(6-9)16-7-21/h4-6,11H,1-3H2,(H,19,20). The van der Waals surface area contributed by atoms with Gasteiger partial charge in [0.2, 0.25) is 0 Å². The predicted octanol–water partition coefficient (Wildman–Crippen LogP) is 1.56. The Labute approximate surface area is 127 Å². The Hall–Kier alpha value is -2.11. The molecule has 0 bridgehead atoms. The highest BCUT2D eigenvalue weighted by molar-refractivity contribution is 7.78. The molecule has 5 nitrogen and oxygen atoms in total. The van der Waals surface area contributed by atoms with Crippen molar-refractivity contribution in [3.05, 3.63) is 23.8 Å². The summed E-state index contributed by atoms with van der Waals surface area (Å²) in [6, 6.07) is 4.42. The summed E-state index contributed by atoms with van der Waals surface area (Å²) < 4.78 is 0. The fraction of sp³-hybridized carbons (Fsp3) is 0.286. The third-order valence-corrected chi connectivity index (χ3v) is 3.38. The molecule has 1 aliphatic rings. The summed E-state index contributed by atoms with van der Waals surface area (Å²) in [4.78, 5) is 38.1. The van der Waals surface area contributed by atoms with E-state index in [9.17, 15) is 14.4 Å². The number of benzene rings is 1. The molecule has 0 aliphatic heterocycles. The van der Waals surface area contributed by atoms with E-state index < -0.39 is 17.6 Å². The summed E-state index contributed by atoms with van der Waals surface area (Å²) in [5, 5.41) is 11.3. The van der Waals surface area contributed by atoms with E-state index in [4.69, 9.17) is 5.11 Å². The molecule has 0 saturated heterocycles. The van der Waals surface area contributed by atoms with E-state index in [-0.39, 0.29) is 11.3 Å². The van der Waals surface area contributed by atoms with Crippen molar-refractivity contribution in [3.8, 4) is 0 Å². The molecule has 0 aromatic heterocycles. The van der Waals surface area contributed by atoms with E-state index >= 15 is 0 Å². The van der Waals surface area contributed by atoms with Crippen LogP contribution in [-0.2, 0) is 9.59 Å². The Bertz CT molecular complexity index is 647. The van der Waals surface area contributed by atoms with Gasteiger partial charge < -0.3 is 5.11 Å². The molecule has 1 aliphatic carbocycles. The lowest BCUT2D eigenvalue weighted by Crippen LogP contribution is -2.33. The Morgan fingerprint density at radius 3 is 2.81 bits per heavy atom. The van der Waals surface area contributed by atoms with Crippen LogP contribution in [0.5, 0.6) is 0 Å². The lowest BCUT2D eigenvalue weighted by atomic mass is 9.54. The number of carboxylic acids is 1. The van der Waals surface area contributed by atoms with Gasteiger partial charge in [0, 0.05) is 12.2 Å². The number of carbonyl (C=O) groups excluding carboxylic acids is 2. The van der Waals surface area contributed by atoms with Gasteiger partial charge in [0.1, 0.15) is 0 Å². The Morgan fingerprint density at radius 1 is 1.38 bits per heavy atom. The second-order valence-electron chi connectivity index (χ2n) is 4.77. The molecule has 1 unspecified atom stereocenters. The SMILES string of the molecule is O=C1CCCC([B]c2cc(N=C=S)cc(C(=O)O)c2)C1=O. The first kappa shape index (κ1) is 15.3. The fourth-order valence-electron chi connectivity index (χ4n) is 2.31. The molecule has 0 amide bonds. The molecular formula is C14H11BNO4S. The molecule has 1 N–H and O–H groups in total. The highest BCUT2D eigenvalue weighted by Crippen LogP contribution is 2.23. The number of rotatable bonds is 4. The van der Waals surface area contributed by atoms with Crippen LogP contribution in [0.25, 0.3) is 0 Å². The Balaban J connectivity index is 2.30. The van der Waals surface area contributed by atoms with Crippen LogP contribution < -0.4 is 5.46 Å². The molecule has 1 saturated carbocycles. The molecule has 1 fully saturated rings. The third-order valence-electron chi connectivity index (χ3n) is 3.29. The number of aliphatic imine (C=N–C) groups is 1. The van der Waals surface area contributed by atoms with Crippen molar-refractivity contribution >= 4 is 53.3 Å². The van der Waals surface area contributed by atoms with Crippen molar-refractivity contribution in [1.29, 1.82) is 0 Å². The van der Waals surface area contributed by atoms with Crippen LogP contribution in [0.3, 0.4) is 0 Å². The highest BCUT2D eigenvalue weighted by Gasteiger charge is 2.30. The minimum absolute atomic E-state index is 0.0438. The van der Waals surface area contributed by atoms with Gasteiger partial charge in [-0.1, -0.05) is 11.5 Å². The molecule has 1 aromatic carbocycles. The number of hydrogen-bond donors (Lipinski definition) is 1. The van der Waals surface area contributed by atoms with Crippen molar-refractivity contribution in [2.24, 2.45) is 4.99 Å². The molecular weight excluding hydrogens is 289 g/mol. The molecule has 0 spiro atoms. The zero-order valence-electron chi connectivity index (χ0n) is 11.0. The topological polar surface area (TPSA) is 83.8 Å². The van der Waals surface area contributed by atoms with Crippen molar-refractivity contribution in [1.82, 2.24) is 0 Å². The van der Waals surface area contributed by atoms with E-state index in [0.29, 0.717) is 30.4 Å². The van der Waals surface area contributed by atoms with Crippen molar-refractivity contribution in [3.63, 3.8) is 0 Å². The van der Waals surface area contributed by atoms with E-state index in [0.717, 1.165) is 0 Å². The van der Waals surface area contributed by atoms with E-state index in [1.54, 1.807) is 13.3 Å². The van der Waals surface area contributed by atoms with Gasteiger partial charge in [0.15, 0.2) is 18.8 Å². The number of hydrogen-bond acceptors (Lipinski definition) is 5. The first-order valence-corrected chi connectivity index (χ1v) is 6.80. The van der Waals surface area contributed by atoms with Crippen LogP contribution in [0.15, 0.2) is 23.2 Å². The van der Waals surface area contributed by atoms with Gasteiger partial charge in [-0.3, -0.25) is 9.59 Å². The molecule has 21 heavy (non-hydrogen) atoms. The maximum Gasteiger partial charge on any atom is 0.335 e. The summed E-state index contributed by atoms with van der Waals surface area (Å²) in [6.07, 6.45) is 1.54. The number of thiocarbonyl (C=S) groups is 1. The number of carbonyl (C=O) groups is 3. The number of isothiocyanates is 1. The Kier molecular flexibility index (Phi) is 4.78. The van der Waals surface area contributed by atoms with Crippen LogP contribution in [-0.4, -0.2) is 35.1 Å². The zero-order chi connectivity index (χ0) is 15.4. The average molecular weight is 300 g/mol. The van der Waals surface area contributed by atoms with Gasteiger partial charge in [-0.25, -0.2) is 4.79 Å². The van der Waals surface area contributed by atoms with Gasteiger partial charge in [-0.15, -0.1) is 0 Å². The predicted molar refractivity (Wildman–Crippen MR) is 81.1 cm³/mol. The number of ketones is 2. The van der Waals surface area contributed by atoms with E-state index in [2.05, 4.69) is 22.4 Å². The summed E-state index contributed by atoms with van der Waals surface area (Å²) >= 11 is 4.51. The number of nitrogens with zero attached hydrogens (tertiary/aromatic N) is 1. The lowest BCUT2D eigenvalue weighted by molar-refractivity contribution is -0.137. The van der Waals surface area contributed by atoms with Gasteiger partial charge in [-0.05, 0) is 37.2 Å². The summed E-state index contributed by atoms with van der Waals surface area (Å²) in [5.41, 5.74) is 0.931. The van der Waals surface area contributed by atoms with Crippen molar-refractivity contribution < 1.29 is 19.5 Å². The minimum Gasteiger partial charge on any atom is -0.478 e. The van der Waals surface area contributed by atoms with Crippen LogP contribution in [0, 0.1) is 0 Å². The summed E-state index contributed by atoms with van der Waals surface area (Å²) in [7, 11) is 1.62. The van der Waals surface area contributed by atoms with Crippen LogP contribution in [0.2, 0.25) is 5.82 Å². The molecule has 0 heterocycles. The Morgan fingerprint density at radius 2 is 2.14 bits per heavy atom. The second kappa shape index (κ2) is 6.56. The molecule has 2 rings (SSSR count). The smallest absolute Gasteiger partial charge is 0.335 e. The van der Waals surface area contributed by atoms with E-state index in [1.807, 2.05) is 0 Å². The number of Topliss-reactive ketones (excluding diaryl/α,β-unsaturated/α-hetero) is 2. The number of aromatic carboxylic acids is 1. The fourth-order valence-corrected chi connectivity index (χ4v) is 2.41. The van der Waals surface area contributed by atoms with Crippen LogP contribution in [0.4, 0.5) is 5.69 Å². The zero-order valence-corrected chi connectivity index (χ0v) is 11.9. The molecule has 7 heteroatoms. The lowest BCUT2D eigenvalue weighted by Gasteiger charge is -2.18. The molecule has 1 aromatic rings. The van der Waals surface area contributed by atoms with Gasteiger partial charge in [-0.2, -0.15) is 4.99 Å². The molecule has 1 atom stereocenters. The van der Waals surface area contributed by atoms with Gasteiger partial charge in [0.05, 0.1) is 16.4 Å². The second-order valence-corrected chi connectivity index (χ2v) is 4.96. The number of carboxylic acid groups (broad SMARTS) is 1. The van der Waals surface area contributed by atoms with Gasteiger partial charge >= 0.3 is 5.97 Å². The maximum absolute atomic E-state index is 11.8. The van der Waals surface area contributed by atoms with Crippen molar-refractivity contribution in [2.45, 2.75) is 25.1 Å².